The summed E-state index contributed by atoms with van der Waals surface area (Å²) in [6.07, 6.45) is 0.325. The maximum absolute atomic E-state index is 12.0. The first-order valence-corrected chi connectivity index (χ1v) is 6.42. The normalized spacial score (nSPS) is 10.1. The van der Waals surface area contributed by atoms with Crippen molar-refractivity contribution >= 4 is 22.9 Å². The molecule has 0 unspecified atom stereocenters. The minimum absolute atomic E-state index is 0.0195. The van der Waals surface area contributed by atoms with Crippen LogP contribution < -0.4 is 9.64 Å². The fraction of sp³-hybridized carbons (Fsp3) is 0.231. The van der Waals surface area contributed by atoms with E-state index in [9.17, 15) is 4.79 Å². The van der Waals surface area contributed by atoms with Crippen LogP contribution in [0.5, 0.6) is 5.75 Å². The van der Waals surface area contributed by atoms with Crippen molar-refractivity contribution in [2.75, 3.05) is 19.1 Å². The van der Waals surface area contributed by atoms with Gasteiger partial charge in [-0.1, -0.05) is 0 Å². The van der Waals surface area contributed by atoms with Crippen molar-refractivity contribution in [3.8, 4) is 5.75 Å². The van der Waals surface area contributed by atoms with Gasteiger partial charge in [-0.15, -0.1) is 11.3 Å². The van der Waals surface area contributed by atoms with Crippen LogP contribution >= 0.6 is 11.3 Å². The van der Waals surface area contributed by atoms with Crippen molar-refractivity contribution in [1.29, 1.82) is 0 Å². The number of ether oxygens (including phenoxy) is 1. The number of amides is 1. The lowest BCUT2D eigenvalue weighted by Crippen LogP contribution is -2.27. The van der Waals surface area contributed by atoms with Crippen molar-refractivity contribution in [2.45, 2.75) is 6.42 Å². The zero-order chi connectivity index (χ0) is 13.0. The Morgan fingerprint density at radius 2 is 2.11 bits per heavy atom. The van der Waals surface area contributed by atoms with Gasteiger partial charge in [0.2, 0.25) is 5.91 Å². The molecule has 0 radical (unpaired) electrons. The van der Waals surface area contributed by atoms with Gasteiger partial charge in [-0.05, 0) is 24.3 Å². The van der Waals surface area contributed by atoms with E-state index in [-0.39, 0.29) is 5.91 Å². The molecule has 1 aromatic heterocycles. The number of benzene rings is 1. The molecule has 94 valence electrons. The molecule has 0 bridgehead atoms. The Bertz CT molecular complexity index is 508. The third-order valence-corrected chi connectivity index (χ3v) is 3.28. The van der Waals surface area contributed by atoms with Gasteiger partial charge in [0.15, 0.2) is 0 Å². The Morgan fingerprint density at radius 1 is 1.39 bits per heavy atom. The summed E-state index contributed by atoms with van der Waals surface area (Å²) in [7, 11) is 3.38. The van der Waals surface area contributed by atoms with E-state index in [1.807, 2.05) is 29.6 Å². The van der Waals surface area contributed by atoms with Crippen LogP contribution in [0, 0.1) is 0 Å². The number of thiazole rings is 1. The van der Waals surface area contributed by atoms with Gasteiger partial charge in [-0.25, -0.2) is 4.98 Å². The summed E-state index contributed by atoms with van der Waals surface area (Å²) in [5, 5.41) is 1.89. The van der Waals surface area contributed by atoms with E-state index in [1.54, 1.807) is 24.6 Å². The van der Waals surface area contributed by atoms with E-state index in [2.05, 4.69) is 4.98 Å². The average molecular weight is 262 g/mol. The molecule has 0 N–H and O–H groups in total. The highest BCUT2D eigenvalue weighted by Gasteiger charge is 2.12. The number of carbonyl (C=O) groups excluding carboxylic acids is 1. The second-order valence-electron chi connectivity index (χ2n) is 3.81. The second kappa shape index (κ2) is 5.64. The van der Waals surface area contributed by atoms with Gasteiger partial charge in [0.25, 0.3) is 0 Å². The summed E-state index contributed by atoms with van der Waals surface area (Å²) in [5.41, 5.74) is 3.39. The molecule has 5 heteroatoms. The quantitative estimate of drug-likeness (QED) is 0.849. The summed E-state index contributed by atoms with van der Waals surface area (Å²) in [6.45, 7) is 0. The van der Waals surface area contributed by atoms with Crippen LogP contribution in [0.4, 0.5) is 5.69 Å². The standard InChI is InChI=1S/C13H14N2O2S/c1-15(11-3-5-12(17-2)6-4-11)13(16)7-10-8-18-9-14-10/h3-6,8-9H,7H2,1-2H3. The number of aromatic nitrogens is 1. The number of anilines is 1. The molecule has 0 aliphatic carbocycles. The van der Waals surface area contributed by atoms with E-state index in [0.717, 1.165) is 17.1 Å². The summed E-state index contributed by atoms with van der Waals surface area (Å²) >= 11 is 1.50. The number of likely N-dealkylation sites (N-methyl/N-ethyl adjacent to an activating group) is 1. The molecule has 0 aliphatic heterocycles. The third kappa shape index (κ3) is 2.87. The lowest BCUT2D eigenvalue weighted by Gasteiger charge is -2.17. The summed E-state index contributed by atoms with van der Waals surface area (Å²) < 4.78 is 5.08. The largest absolute Gasteiger partial charge is 0.497 e. The summed E-state index contributed by atoms with van der Waals surface area (Å²) in [5.74, 6) is 0.796. The van der Waals surface area contributed by atoms with Crippen molar-refractivity contribution in [2.24, 2.45) is 0 Å². The summed E-state index contributed by atoms with van der Waals surface area (Å²) in [4.78, 5) is 17.8. The molecule has 1 amide bonds. The number of carbonyl (C=O) groups is 1. The SMILES string of the molecule is COc1ccc(N(C)C(=O)Cc2cscn2)cc1. The Balaban J connectivity index is 2.05. The monoisotopic (exact) mass is 262 g/mol. The molecular weight excluding hydrogens is 248 g/mol. The molecule has 0 aliphatic rings. The highest BCUT2D eigenvalue weighted by molar-refractivity contribution is 7.07. The Hall–Kier alpha value is -1.88. The van der Waals surface area contributed by atoms with E-state index >= 15 is 0 Å². The zero-order valence-corrected chi connectivity index (χ0v) is 11.1. The van der Waals surface area contributed by atoms with Crippen LogP contribution in [0.3, 0.4) is 0 Å². The molecule has 2 aromatic rings. The topological polar surface area (TPSA) is 42.4 Å². The minimum atomic E-state index is 0.0195. The zero-order valence-electron chi connectivity index (χ0n) is 10.3. The van der Waals surface area contributed by atoms with Crippen LogP contribution in [0.1, 0.15) is 5.69 Å². The maximum Gasteiger partial charge on any atom is 0.232 e. The Labute approximate surface area is 110 Å². The number of hydrogen-bond acceptors (Lipinski definition) is 4. The molecule has 0 saturated heterocycles. The Morgan fingerprint density at radius 3 is 2.67 bits per heavy atom. The van der Waals surface area contributed by atoms with Gasteiger partial charge in [0, 0.05) is 18.1 Å². The van der Waals surface area contributed by atoms with Crippen molar-refractivity contribution in [1.82, 2.24) is 4.98 Å². The first-order chi connectivity index (χ1) is 8.70. The Kier molecular flexibility index (Phi) is 3.94. The van der Waals surface area contributed by atoms with Crippen LogP contribution in [0.25, 0.3) is 0 Å². The minimum Gasteiger partial charge on any atom is -0.497 e. The molecule has 0 spiro atoms. The molecule has 1 heterocycles. The first kappa shape index (κ1) is 12.6. The first-order valence-electron chi connectivity index (χ1n) is 5.48. The van der Waals surface area contributed by atoms with E-state index in [0.29, 0.717) is 6.42 Å². The lowest BCUT2D eigenvalue weighted by atomic mass is 10.2. The van der Waals surface area contributed by atoms with Gasteiger partial charge in [0.05, 0.1) is 24.7 Å². The van der Waals surface area contributed by atoms with Gasteiger partial charge in [-0.2, -0.15) is 0 Å². The maximum atomic E-state index is 12.0. The van der Waals surface area contributed by atoms with E-state index in [1.165, 1.54) is 11.3 Å². The van der Waals surface area contributed by atoms with Crippen LogP contribution in [0.15, 0.2) is 35.2 Å². The molecule has 0 fully saturated rings. The number of hydrogen-bond donors (Lipinski definition) is 0. The molecule has 1 aromatic carbocycles. The molecular formula is C13H14N2O2S. The third-order valence-electron chi connectivity index (χ3n) is 2.65. The fourth-order valence-corrected chi connectivity index (χ4v) is 2.11. The highest BCUT2D eigenvalue weighted by Crippen LogP contribution is 2.18. The second-order valence-corrected chi connectivity index (χ2v) is 4.53. The smallest absolute Gasteiger partial charge is 0.232 e. The summed E-state index contributed by atoms with van der Waals surface area (Å²) in [6, 6.07) is 7.39. The molecule has 0 saturated carbocycles. The molecule has 4 nitrogen and oxygen atoms in total. The number of nitrogens with zero attached hydrogens (tertiary/aromatic N) is 2. The van der Waals surface area contributed by atoms with Crippen molar-refractivity contribution in [3.05, 3.63) is 40.8 Å². The predicted octanol–water partition coefficient (Wildman–Crippen LogP) is 2.36. The van der Waals surface area contributed by atoms with Crippen LogP contribution in [-0.2, 0) is 11.2 Å². The fourth-order valence-electron chi connectivity index (χ4n) is 1.55. The lowest BCUT2D eigenvalue weighted by molar-refractivity contribution is -0.117. The van der Waals surface area contributed by atoms with Crippen molar-refractivity contribution < 1.29 is 9.53 Å². The van der Waals surface area contributed by atoms with Gasteiger partial charge < -0.3 is 9.64 Å². The molecule has 0 atom stereocenters. The van der Waals surface area contributed by atoms with Gasteiger partial charge >= 0.3 is 0 Å². The molecule has 18 heavy (non-hydrogen) atoms. The van der Waals surface area contributed by atoms with E-state index < -0.39 is 0 Å². The highest BCUT2D eigenvalue weighted by atomic mass is 32.1. The van der Waals surface area contributed by atoms with E-state index in [4.69, 9.17) is 4.74 Å². The number of rotatable bonds is 4. The van der Waals surface area contributed by atoms with Gasteiger partial charge in [-0.3, -0.25) is 4.79 Å². The number of methoxy groups -OCH3 is 1. The van der Waals surface area contributed by atoms with Crippen LogP contribution in [-0.4, -0.2) is 25.0 Å². The average Bonchev–Trinajstić information content (AvgIpc) is 2.91. The van der Waals surface area contributed by atoms with Crippen molar-refractivity contribution in [3.63, 3.8) is 0 Å². The van der Waals surface area contributed by atoms with Crippen LogP contribution in [0.2, 0.25) is 0 Å². The molecule has 2 rings (SSSR count). The van der Waals surface area contributed by atoms with Gasteiger partial charge in [0.1, 0.15) is 5.75 Å². The predicted molar refractivity (Wildman–Crippen MR) is 72.2 cm³/mol.